The number of hydrogen-bond acceptors (Lipinski definition) is 7. The Balaban J connectivity index is 1.33. The van der Waals surface area contributed by atoms with E-state index in [1.54, 1.807) is 50.4 Å². The molecule has 0 amide bonds. The number of unbranched alkanes of at least 4 members (excludes halogenated alkanes) is 2. The van der Waals surface area contributed by atoms with Crippen molar-refractivity contribution in [1.29, 1.82) is 0 Å². The Hall–Kier alpha value is -3.95. The van der Waals surface area contributed by atoms with E-state index < -0.39 is 21.6 Å². The van der Waals surface area contributed by atoms with Crippen LogP contribution < -0.4 is 19.8 Å². The summed E-state index contributed by atoms with van der Waals surface area (Å²) in [5.41, 5.74) is 2.95. The summed E-state index contributed by atoms with van der Waals surface area (Å²) in [5, 5.41) is 0.727. The van der Waals surface area contributed by atoms with Gasteiger partial charge in [0.1, 0.15) is 17.1 Å². The van der Waals surface area contributed by atoms with Crippen LogP contribution in [0.1, 0.15) is 36.8 Å². The Morgan fingerprint density at radius 1 is 0.923 bits per heavy atom. The van der Waals surface area contributed by atoms with E-state index in [0.29, 0.717) is 47.5 Å². The van der Waals surface area contributed by atoms with Gasteiger partial charge < -0.3 is 13.9 Å². The number of methoxy groups -OCH3 is 1. The van der Waals surface area contributed by atoms with E-state index in [-0.39, 0.29) is 17.9 Å². The third kappa shape index (κ3) is 6.93. The summed E-state index contributed by atoms with van der Waals surface area (Å²) in [4.78, 5) is 25.0. The first-order valence-corrected chi connectivity index (χ1v) is 14.1. The zero-order valence-corrected chi connectivity index (χ0v) is 23.0. The molecule has 0 aliphatic rings. The molecule has 1 N–H and O–H groups in total. The number of carbonyl (C=O) groups excluding carboxylic acids is 1. The van der Waals surface area contributed by atoms with E-state index in [0.717, 1.165) is 16.5 Å². The molecule has 0 atom stereocenters. The molecule has 0 radical (unpaired) electrons. The molecule has 8 nitrogen and oxygen atoms in total. The molecule has 39 heavy (non-hydrogen) atoms. The van der Waals surface area contributed by atoms with Crippen molar-refractivity contribution in [2.45, 2.75) is 44.4 Å². The second-order valence-electron chi connectivity index (χ2n) is 9.27. The monoisotopic (exact) mass is 549 g/mol. The summed E-state index contributed by atoms with van der Waals surface area (Å²) < 4.78 is 43.5. The largest absolute Gasteiger partial charge is 0.497 e. The third-order valence-corrected chi connectivity index (χ3v) is 7.89. The van der Waals surface area contributed by atoms with Gasteiger partial charge in [-0.15, -0.1) is 0 Å². The first kappa shape index (κ1) is 28.1. The Labute approximate surface area is 227 Å². The molecular weight excluding hydrogens is 518 g/mol. The number of carbonyl (C=O) groups is 1. The van der Waals surface area contributed by atoms with Gasteiger partial charge in [0.2, 0.25) is 10.0 Å². The molecule has 0 bridgehead atoms. The van der Waals surface area contributed by atoms with Gasteiger partial charge in [0.25, 0.3) is 0 Å². The van der Waals surface area contributed by atoms with Crippen LogP contribution >= 0.6 is 0 Å². The molecule has 1 aromatic heterocycles. The van der Waals surface area contributed by atoms with E-state index in [1.165, 1.54) is 6.07 Å². The molecule has 0 aliphatic heterocycles. The van der Waals surface area contributed by atoms with Crippen molar-refractivity contribution >= 4 is 27.0 Å². The van der Waals surface area contributed by atoms with E-state index in [4.69, 9.17) is 13.9 Å². The number of benzene rings is 3. The predicted molar refractivity (Wildman–Crippen MR) is 150 cm³/mol. The van der Waals surface area contributed by atoms with Crippen molar-refractivity contribution in [3.05, 3.63) is 88.3 Å². The van der Waals surface area contributed by atoms with E-state index in [1.807, 2.05) is 31.2 Å². The number of nitrogens with one attached hydrogen (secondary N) is 1. The van der Waals surface area contributed by atoms with Crippen LogP contribution in [0.3, 0.4) is 0 Å². The molecule has 3 aromatic carbocycles. The lowest BCUT2D eigenvalue weighted by molar-refractivity contribution is -0.134. The second-order valence-corrected chi connectivity index (χ2v) is 11.0. The van der Waals surface area contributed by atoms with E-state index in [2.05, 4.69) is 4.72 Å². The Kier molecular flexibility index (Phi) is 8.83. The molecule has 4 rings (SSSR count). The number of aryl methyl sites for hydroxylation is 2. The standard InChI is InChI=1S/C30H31NO7S/c1-20-8-14-24(15-9-20)39(34,35)31-18-6-4-5-7-28(32)37-27-17-16-25-26(19-29(33)38-30(25)21(27)2)22-10-12-23(36-3)13-11-22/h8-17,19,31H,4-7,18H2,1-3H3. The zero-order chi connectivity index (χ0) is 28.0. The van der Waals surface area contributed by atoms with Gasteiger partial charge >= 0.3 is 11.6 Å². The topological polar surface area (TPSA) is 112 Å². The average molecular weight is 550 g/mol. The van der Waals surface area contributed by atoms with Gasteiger partial charge in [-0.05, 0) is 74.2 Å². The Morgan fingerprint density at radius 2 is 1.64 bits per heavy atom. The van der Waals surface area contributed by atoms with Crippen LogP contribution in [0.4, 0.5) is 0 Å². The van der Waals surface area contributed by atoms with Crippen molar-refractivity contribution in [2.75, 3.05) is 13.7 Å². The summed E-state index contributed by atoms with van der Waals surface area (Å²) in [5.74, 6) is 0.625. The maximum atomic E-state index is 12.5. The quantitative estimate of drug-likeness (QED) is 0.113. The van der Waals surface area contributed by atoms with Gasteiger partial charge in [-0.25, -0.2) is 17.9 Å². The van der Waals surface area contributed by atoms with E-state index in [9.17, 15) is 18.0 Å². The van der Waals surface area contributed by atoms with Gasteiger partial charge in [0.05, 0.1) is 12.0 Å². The molecule has 0 saturated carbocycles. The molecule has 0 spiro atoms. The minimum atomic E-state index is -3.55. The summed E-state index contributed by atoms with van der Waals surface area (Å²) in [7, 11) is -1.96. The number of fused-ring (bicyclic) bond motifs is 1. The minimum Gasteiger partial charge on any atom is -0.497 e. The predicted octanol–water partition coefficient (Wildman–Crippen LogP) is 5.53. The SMILES string of the molecule is COc1ccc(-c2cc(=O)oc3c(C)c(OC(=O)CCCCCNS(=O)(=O)c4ccc(C)cc4)ccc23)cc1. The van der Waals surface area contributed by atoms with Crippen molar-refractivity contribution < 1.29 is 27.1 Å². The average Bonchev–Trinajstić information content (AvgIpc) is 2.92. The summed E-state index contributed by atoms with van der Waals surface area (Å²) in [6.07, 6.45) is 1.97. The lowest BCUT2D eigenvalue weighted by atomic mass is 10.00. The highest BCUT2D eigenvalue weighted by Gasteiger charge is 2.16. The molecule has 0 aliphatic carbocycles. The van der Waals surface area contributed by atoms with Crippen LogP contribution in [0.5, 0.6) is 11.5 Å². The van der Waals surface area contributed by atoms with Crippen LogP contribution in [0, 0.1) is 13.8 Å². The summed E-state index contributed by atoms with van der Waals surface area (Å²) >= 11 is 0. The number of sulfonamides is 1. The highest BCUT2D eigenvalue weighted by Crippen LogP contribution is 2.34. The molecular formula is C30H31NO7S. The minimum absolute atomic E-state index is 0.179. The number of esters is 1. The summed E-state index contributed by atoms with van der Waals surface area (Å²) in [6, 6.07) is 18.9. The lowest BCUT2D eigenvalue weighted by Crippen LogP contribution is -2.24. The fourth-order valence-electron chi connectivity index (χ4n) is 4.21. The first-order chi connectivity index (χ1) is 18.7. The normalized spacial score (nSPS) is 11.5. The molecule has 0 fully saturated rings. The molecule has 1 heterocycles. The molecule has 0 saturated heterocycles. The van der Waals surface area contributed by atoms with Gasteiger partial charge in [-0.1, -0.05) is 36.2 Å². The third-order valence-electron chi connectivity index (χ3n) is 6.42. The molecule has 0 unspecified atom stereocenters. The molecule has 9 heteroatoms. The van der Waals surface area contributed by atoms with Crippen molar-refractivity contribution in [1.82, 2.24) is 4.72 Å². The number of hydrogen-bond donors (Lipinski definition) is 1. The van der Waals surface area contributed by atoms with Crippen LogP contribution in [0.2, 0.25) is 0 Å². The van der Waals surface area contributed by atoms with Gasteiger partial charge in [0.15, 0.2) is 0 Å². The fourth-order valence-corrected chi connectivity index (χ4v) is 5.29. The smallest absolute Gasteiger partial charge is 0.336 e. The zero-order valence-electron chi connectivity index (χ0n) is 22.2. The second kappa shape index (κ2) is 12.3. The Bertz CT molecular complexity index is 1620. The van der Waals surface area contributed by atoms with Gasteiger partial charge in [0, 0.05) is 30.0 Å². The van der Waals surface area contributed by atoms with Crippen molar-refractivity contribution in [3.63, 3.8) is 0 Å². The van der Waals surface area contributed by atoms with Crippen LogP contribution in [0.25, 0.3) is 22.1 Å². The fraction of sp³-hybridized carbons (Fsp3) is 0.267. The van der Waals surface area contributed by atoms with Gasteiger partial charge in [-0.2, -0.15) is 0 Å². The van der Waals surface area contributed by atoms with Crippen LogP contribution in [-0.2, 0) is 14.8 Å². The molecule has 4 aromatic rings. The van der Waals surface area contributed by atoms with Crippen LogP contribution in [-0.4, -0.2) is 28.0 Å². The van der Waals surface area contributed by atoms with Gasteiger partial charge in [-0.3, -0.25) is 4.79 Å². The lowest BCUT2D eigenvalue weighted by Gasteiger charge is -2.12. The first-order valence-electron chi connectivity index (χ1n) is 12.7. The summed E-state index contributed by atoms with van der Waals surface area (Å²) in [6.45, 7) is 3.92. The van der Waals surface area contributed by atoms with Crippen molar-refractivity contribution in [2.24, 2.45) is 0 Å². The van der Waals surface area contributed by atoms with Crippen LogP contribution in [0.15, 0.2) is 80.8 Å². The number of rotatable bonds is 11. The highest BCUT2D eigenvalue weighted by atomic mass is 32.2. The maximum absolute atomic E-state index is 12.5. The Morgan fingerprint density at radius 3 is 2.33 bits per heavy atom. The maximum Gasteiger partial charge on any atom is 0.336 e. The molecule has 204 valence electrons. The number of ether oxygens (including phenoxy) is 2. The van der Waals surface area contributed by atoms with E-state index >= 15 is 0 Å². The van der Waals surface area contributed by atoms with Crippen molar-refractivity contribution in [3.8, 4) is 22.6 Å². The highest BCUT2D eigenvalue weighted by molar-refractivity contribution is 7.89.